The summed E-state index contributed by atoms with van der Waals surface area (Å²) < 4.78 is 12.3. The number of likely N-dealkylation sites (tertiary alicyclic amines) is 1. The molecule has 1 aromatic carbocycles. The second-order valence-corrected chi connectivity index (χ2v) is 8.06. The molecule has 1 atom stereocenters. The summed E-state index contributed by atoms with van der Waals surface area (Å²) in [4.78, 5) is 18.3. The molecular weight excluding hydrogens is 323 g/mol. The average molecular weight is 344 g/mol. The topological polar surface area (TPSA) is 51.7 Å². The van der Waals surface area contributed by atoms with E-state index in [-0.39, 0.29) is 6.09 Å². The van der Waals surface area contributed by atoms with Crippen molar-refractivity contribution in [1.82, 2.24) is 9.88 Å². The standard InChI is InChI=1S/C17H21BN2O3S/c1-17(2,3)23-16(21)20-8-7-11(9-20)10-22-15-19-14-12(18)5-4-6-13(14)24-15/h4-6,11H,7-10H2,1-3H3. The molecule has 0 aliphatic carbocycles. The molecule has 1 amide bonds. The maximum absolute atomic E-state index is 12.1. The monoisotopic (exact) mass is 344 g/mol. The van der Waals surface area contributed by atoms with Crippen molar-refractivity contribution in [3.05, 3.63) is 18.2 Å². The minimum absolute atomic E-state index is 0.252. The van der Waals surface area contributed by atoms with Gasteiger partial charge in [-0.05, 0) is 33.3 Å². The highest BCUT2D eigenvalue weighted by Crippen LogP contribution is 2.27. The highest BCUT2D eigenvalue weighted by molar-refractivity contribution is 7.20. The predicted molar refractivity (Wildman–Crippen MR) is 96.4 cm³/mol. The van der Waals surface area contributed by atoms with E-state index < -0.39 is 5.60 Å². The first-order valence-corrected chi connectivity index (χ1v) is 8.89. The van der Waals surface area contributed by atoms with Gasteiger partial charge in [0, 0.05) is 19.0 Å². The Bertz CT molecular complexity index is 741. The van der Waals surface area contributed by atoms with Crippen LogP contribution in [0.1, 0.15) is 27.2 Å². The Kier molecular flexibility index (Phi) is 4.72. The smallest absolute Gasteiger partial charge is 0.410 e. The molecule has 7 heteroatoms. The third-order valence-electron chi connectivity index (χ3n) is 3.81. The summed E-state index contributed by atoms with van der Waals surface area (Å²) in [6.45, 7) is 7.53. The molecular formula is C17H21BN2O3S. The second-order valence-electron chi connectivity index (χ2n) is 7.07. The molecule has 2 heterocycles. The fourth-order valence-corrected chi connectivity index (χ4v) is 3.52. The molecule has 5 nitrogen and oxygen atoms in total. The number of carbonyl (C=O) groups is 1. The lowest BCUT2D eigenvalue weighted by Crippen LogP contribution is -2.35. The predicted octanol–water partition coefficient (Wildman–Crippen LogP) is 2.73. The number of carbonyl (C=O) groups excluding carboxylic acids is 1. The summed E-state index contributed by atoms with van der Waals surface area (Å²) >= 11 is 1.49. The van der Waals surface area contributed by atoms with Crippen molar-refractivity contribution in [2.45, 2.75) is 32.8 Å². The summed E-state index contributed by atoms with van der Waals surface area (Å²) in [5, 5.41) is 0.624. The molecule has 1 aromatic heterocycles. The van der Waals surface area contributed by atoms with Gasteiger partial charge in [-0.3, -0.25) is 0 Å². The Balaban J connectivity index is 1.54. The molecule has 1 aliphatic heterocycles. The van der Waals surface area contributed by atoms with E-state index in [2.05, 4.69) is 4.98 Å². The summed E-state index contributed by atoms with van der Waals surface area (Å²) in [7, 11) is 5.92. The molecule has 0 N–H and O–H groups in total. The van der Waals surface area contributed by atoms with E-state index >= 15 is 0 Å². The molecule has 1 aliphatic rings. The Morgan fingerprint density at radius 2 is 2.25 bits per heavy atom. The van der Waals surface area contributed by atoms with Crippen molar-refractivity contribution in [2.24, 2.45) is 5.92 Å². The molecule has 1 fully saturated rings. The van der Waals surface area contributed by atoms with Gasteiger partial charge in [-0.1, -0.05) is 28.9 Å². The van der Waals surface area contributed by atoms with Crippen LogP contribution < -0.4 is 10.2 Å². The van der Waals surface area contributed by atoms with Crippen LogP contribution in [0.25, 0.3) is 10.2 Å². The van der Waals surface area contributed by atoms with Crippen LogP contribution in [-0.2, 0) is 4.74 Å². The van der Waals surface area contributed by atoms with Gasteiger partial charge < -0.3 is 14.4 Å². The Hall–Kier alpha value is -1.76. The van der Waals surface area contributed by atoms with Crippen molar-refractivity contribution in [1.29, 1.82) is 0 Å². The average Bonchev–Trinajstić information content (AvgIpc) is 3.10. The largest absolute Gasteiger partial charge is 0.470 e. The van der Waals surface area contributed by atoms with E-state index in [9.17, 15) is 4.79 Å². The van der Waals surface area contributed by atoms with Crippen LogP contribution in [0.4, 0.5) is 4.79 Å². The van der Waals surface area contributed by atoms with E-state index in [4.69, 9.17) is 17.3 Å². The zero-order valence-corrected chi connectivity index (χ0v) is 15.1. The molecule has 2 aromatic rings. The quantitative estimate of drug-likeness (QED) is 0.804. The second kappa shape index (κ2) is 6.63. The number of benzene rings is 1. The van der Waals surface area contributed by atoms with E-state index in [1.165, 1.54) is 11.3 Å². The fraction of sp³-hybridized carbons (Fsp3) is 0.529. The molecule has 0 bridgehead atoms. The minimum atomic E-state index is -0.466. The first-order valence-electron chi connectivity index (χ1n) is 8.07. The van der Waals surface area contributed by atoms with Crippen LogP contribution >= 0.6 is 11.3 Å². The molecule has 1 saturated heterocycles. The summed E-state index contributed by atoms with van der Waals surface area (Å²) in [5.41, 5.74) is 0.988. The minimum Gasteiger partial charge on any atom is -0.470 e. The SMILES string of the molecule is [B]c1cccc2sc(OCC3CCN(C(=O)OC(C)(C)C)C3)nc12. The van der Waals surface area contributed by atoms with E-state index in [1.807, 2.05) is 39.0 Å². The van der Waals surface area contributed by atoms with Gasteiger partial charge in [-0.25, -0.2) is 9.78 Å². The summed E-state index contributed by atoms with van der Waals surface area (Å²) in [6, 6.07) is 5.73. The fourth-order valence-electron chi connectivity index (χ4n) is 2.66. The maximum atomic E-state index is 12.1. The van der Waals surface area contributed by atoms with E-state index in [0.717, 1.165) is 16.6 Å². The number of hydrogen-bond donors (Lipinski definition) is 0. The highest BCUT2D eigenvalue weighted by atomic mass is 32.1. The Labute approximate surface area is 147 Å². The number of amides is 1. The summed E-state index contributed by atoms with van der Waals surface area (Å²) in [5.74, 6) is 0.293. The first kappa shape index (κ1) is 17.1. The highest BCUT2D eigenvalue weighted by Gasteiger charge is 2.30. The molecule has 24 heavy (non-hydrogen) atoms. The van der Waals surface area contributed by atoms with Crippen molar-refractivity contribution < 1.29 is 14.3 Å². The third-order valence-corrected chi connectivity index (χ3v) is 4.74. The van der Waals surface area contributed by atoms with Crippen LogP contribution in [0.2, 0.25) is 0 Å². The number of ether oxygens (including phenoxy) is 2. The van der Waals surface area contributed by atoms with Crippen LogP contribution in [0.15, 0.2) is 18.2 Å². The number of hydrogen-bond acceptors (Lipinski definition) is 5. The van der Waals surface area contributed by atoms with Crippen molar-refractivity contribution in [3.63, 3.8) is 0 Å². The van der Waals surface area contributed by atoms with E-state index in [0.29, 0.717) is 36.3 Å². The number of para-hydroxylation sites is 1. The van der Waals surface area contributed by atoms with Gasteiger partial charge in [0.1, 0.15) is 13.4 Å². The lowest BCUT2D eigenvalue weighted by Gasteiger charge is -2.24. The molecule has 3 rings (SSSR count). The zero-order valence-electron chi connectivity index (χ0n) is 14.2. The van der Waals surface area contributed by atoms with Crippen LogP contribution in [-0.4, -0.2) is 49.1 Å². The Morgan fingerprint density at radius 1 is 1.46 bits per heavy atom. The number of aromatic nitrogens is 1. The zero-order chi connectivity index (χ0) is 17.3. The number of nitrogens with zero attached hydrogens (tertiary/aromatic N) is 2. The lowest BCUT2D eigenvalue weighted by atomic mass is 9.95. The molecule has 0 saturated carbocycles. The van der Waals surface area contributed by atoms with Crippen molar-refractivity contribution in [3.8, 4) is 5.19 Å². The summed E-state index contributed by atoms with van der Waals surface area (Å²) in [6.07, 6.45) is 0.657. The van der Waals surface area contributed by atoms with Gasteiger partial charge in [-0.15, -0.1) is 0 Å². The van der Waals surface area contributed by atoms with Crippen LogP contribution in [0.3, 0.4) is 0 Å². The van der Waals surface area contributed by atoms with Crippen molar-refractivity contribution in [2.75, 3.05) is 19.7 Å². The van der Waals surface area contributed by atoms with Gasteiger partial charge >= 0.3 is 6.09 Å². The molecule has 0 spiro atoms. The van der Waals surface area contributed by atoms with Gasteiger partial charge in [0.05, 0.1) is 16.8 Å². The van der Waals surface area contributed by atoms with Gasteiger partial charge in [-0.2, -0.15) is 0 Å². The van der Waals surface area contributed by atoms with Crippen molar-refractivity contribution >= 4 is 41.0 Å². The maximum Gasteiger partial charge on any atom is 0.410 e. The van der Waals surface area contributed by atoms with E-state index in [1.54, 1.807) is 4.90 Å². The van der Waals surface area contributed by atoms with Crippen LogP contribution in [0, 0.1) is 5.92 Å². The molecule has 2 radical (unpaired) electrons. The number of fused-ring (bicyclic) bond motifs is 1. The number of rotatable bonds is 3. The first-order chi connectivity index (χ1) is 11.3. The lowest BCUT2D eigenvalue weighted by molar-refractivity contribution is 0.0285. The Morgan fingerprint density at radius 3 is 2.96 bits per heavy atom. The van der Waals surface area contributed by atoms with Gasteiger partial charge in [0.25, 0.3) is 5.19 Å². The molecule has 1 unspecified atom stereocenters. The molecule has 126 valence electrons. The number of thiazole rings is 1. The third kappa shape index (κ3) is 4.01. The van der Waals surface area contributed by atoms with Crippen LogP contribution in [0.5, 0.6) is 5.19 Å². The normalized spacial score (nSPS) is 18.1. The van der Waals surface area contributed by atoms with Gasteiger partial charge in [0.15, 0.2) is 0 Å². The van der Waals surface area contributed by atoms with Gasteiger partial charge in [0.2, 0.25) is 0 Å².